The van der Waals surface area contributed by atoms with Crippen LogP contribution in [0, 0.1) is 5.92 Å². The van der Waals surface area contributed by atoms with E-state index in [9.17, 15) is 9.90 Å². The highest BCUT2D eigenvalue weighted by atomic mass is 32.1. The summed E-state index contributed by atoms with van der Waals surface area (Å²) in [4.78, 5) is 15.1. The molecule has 3 aromatic rings. The molecule has 1 aliphatic rings. The van der Waals surface area contributed by atoms with Crippen molar-refractivity contribution in [2.24, 2.45) is 5.92 Å². The molecule has 2 atom stereocenters. The van der Waals surface area contributed by atoms with E-state index in [1.807, 2.05) is 36.4 Å². The quantitative estimate of drug-likeness (QED) is 0.584. The van der Waals surface area contributed by atoms with Gasteiger partial charge >= 0.3 is 5.97 Å². The van der Waals surface area contributed by atoms with Crippen LogP contribution < -0.4 is 4.74 Å². The lowest BCUT2D eigenvalue weighted by atomic mass is 9.94. The maximum absolute atomic E-state index is 11.6. The molecule has 5 heteroatoms. The molecule has 0 amide bonds. The van der Waals surface area contributed by atoms with Crippen LogP contribution in [0.1, 0.15) is 34.9 Å². The third-order valence-corrected chi connectivity index (χ3v) is 6.36. The zero-order valence-corrected chi connectivity index (χ0v) is 17.1. The fourth-order valence-corrected chi connectivity index (χ4v) is 4.87. The molecule has 0 radical (unpaired) electrons. The molecule has 0 spiro atoms. The summed E-state index contributed by atoms with van der Waals surface area (Å²) in [5.41, 5.74) is 2.22. The van der Waals surface area contributed by atoms with Crippen molar-refractivity contribution in [1.29, 1.82) is 0 Å². The minimum Gasteiger partial charge on any atom is -0.489 e. The molecule has 4 nitrogen and oxygen atoms in total. The van der Waals surface area contributed by atoms with Crippen molar-refractivity contribution in [3.05, 3.63) is 88.1 Å². The molecular formula is C24H25NO3S. The van der Waals surface area contributed by atoms with Gasteiger partial charge in [0.25, 0.3) is 0 Å². The summed E-state index contributed by atoms with van der Waals surface area (Å²) < 4.78 is 6.23. The average Bonchev–Trinajstić information content (AvgIpc) is 3.28. The Morgan fingerprint density at radius 1 is 1.10 bits per heavy atom. The lowest BCUT2D eigenvalue weighted by Gasteiger charge is -2.37. The van der Waals surface area contributed by atoms with Crippen LogP contribution in [-0.2, 0) is 11.4 Å². The zero-order valence-electron chi connectivity index (χ0n) is 16.2. The number of rotatable bonds is 7. The molecule has 29 heavy (non-hydrogen) atoms. The largest absolute Gasteiger partial charge is 0.489 e. The van der Waals surface area contributed by atoms with Gasteiger partial charge in [0.2, 0.25) is 0 Å². The Labute approximate surface area is 175 Å². The fourth-order valence-electron chi connectivity index (χ4n) is 3.99. The number of likely N-dealkylation sites (tertiary alicyclic amines) is 1. The van der Waals surface area contributed by atoms with Gasteiger partial charge in [0.15, 0.2) is 0 Å². The summed E-state index contributed by atoms with van der Waals surface area (Å²) in [7, 11) is 0. The molecule has 1 saturated heterocycles. The molecule has 2 unspecified atom stereocenters. The highest BCUT2D eigenvalue weighted by Gasteiger charge is 2.33. The van der Waals surface area contributed by atoms with Crippen molar-refractivity contribution in [1.82, 2.24) is 4.90 Å². The van der Waals surface area contributed by atoms with Crippen LogP contribution in [0.5, 0.6) is 5.75 Å². The molecular weight excluding hydrogens is 382 g/mol. The van der Waals surface area contributed by atoms with Crippen LogP contribution in [0.25, 0.3) is 0 Å². The first-order chi connectivity index (χ1) is 14.2. The standard InChI is InChI=1S/C24H25NO3S/c26-24(27)19-10-6-14-25(16-19)23(22-13-7-15-29-22)20-11-4-5-12-21(20)28-17-18-8-2-1-3-9-18/h1-5,7-9,11-13,15,19,23H,6,10,14,16-17H2,(H,26,27). The molecule has 1 N–H and O–H groups in total. The SMILES string of the molecule is O=C(O)C1CCCN(C(c2cccs2)c2ccccc2OCc2ccccc2)C1. The zero-order chi connectivity index (χ0) is 20.1. The first kappa shape index (κ1) is 19.7. The van der Waals surface area contributed by atoms with Gasteiger partial charge in [-0.05, 0) is 42.5 Å². The van der Waals surface area contributed by atoms with Gasteiger partial charge < -0.3 is 9.84 Å². The summed E-state index contributed by atoms with van der Waals surface area (Å²) in [6, 6.07) is 22.5. The van der Waals surface area contributed by atoms with Gasteiger partial charge in [-0.1, -0.05) is 54.6 Å². The van der Waals surface area contributed by atoms with Crippen LogP contribution in [0.2, 0.25) is 0 Å². The summed E-state index contributed by atoms with van der Waals surface area (Å²) >= 11 is 1.71. The van der Waals surface area contributed by atoms with E-state index in [-0.39, 0.29) is 12.0 Å². The van der Waals surface area contributed by atoms with Gasteiger partial charge in [-0.25, -0.2) is 0 Å². The molecule has 1 aliphatic heterocycles. The first-order valence-electron chi connectivity index (χ1n) is 9.98. The van der Waals surface area contributed by atoms with E-state index in [1.165, 1.54) is 4.88 Å². The Morgan fingerprint density at radius 2 is 1.90 bits per heavy atom. The number of carboxylic acid groups (broad SMARTS) is 1. The number of hydrogen-bond acceptors (Lipinski definition) is 4. The number of aliphatic carboxylic acids is 1. The van der Waals surface area contributed by atoms with Crippen molar-refractivity contribution in [2.75, 3.05) is 13.1 Å². The number of para-hydroxylation sites is 1. The van der Waals surface area contributed by atoms with Gasteiger partial charge in [-0.15, -0.1) is 11.3 Å². The van der Waals surface area contributed by atoms with E-state index in [2.05, 4.69) is 40.6 Å². The number of hydrogen-bond donors (Lipinski definition) is 1. The lowest BCUT2D eigenvalue weighted by Crippen LogP contribution is -2.41. The lowest BCUT2D eigenvalue weighted by molar-refractivity contribution is -0.143. The van der Waals surface area contributed by atoms with Crippen LogP contribution >= 0.6 is 11.3 Å². The third-order valence-electron chi connectivity index (χ3n) is 5.43. The second-order valence-electron chi connectivity index (χ2n) is 7.40. The van der Waals surface area contributed by atoms with Crippen molar-refractivity contribution in [2.45, 2.75) is 25.5 Å². The van der Waals surface area contributed by atoms with Gasteiger partial charge in [-0.3, -0.25) is 9.69 Å². The van der Waals surface area contributed by atoms with Crippen molar-refractivity contribution in [3.63, 3.8) is 0 Å². The average molecular weight is 408 g/mol. The second kappa shape index (κ2) is 9.25. The van der Waals surface area contributed by atoms with E-state index in [0.717, 1.165) is 36.3 Å². The molecule has 2 aromatic carbocycles. The Morgan fingerprint density at radius 3 is 2.66 bits per heavy atom. The van der Waals surface area contributed by atoms with Crippen LogP contribution in [0.4, 0.5) is 0 Å². The smallest absolute Gasteiger partial charge is 0.307 e. The van der Waals surface area contributed by atoms with Crippen molar-refractivity contribution in [3.8, 4) is 5.75 Å². The number of carbonyl (C=O) groups is 1. The van der Waals surface area contributed by atoms with E-state index in [0.29, 0.717) is 13.2 Å². The number of carboxylic acids is 1. The summed E-state index contributed by atoms with van der Waals surface area (Å²) in [6.45, 7) is 1.96. The monoisotopic (exact) mass is 407 g/mol. The van der Waals surface area contributed by atoms with Crippen LogP contribution in [0.15, 0.2) is 72.1 Å². The molecule has 150 valence electrons. The molecule has 1 fully saturated rings. The van der Waals surface area contributed by atoms with Crippen LogP contribution in [-0.4, -0.2) is 29.1 Å². The predicted molar refractivity (Wildman–Crippen MR) is 115 cm³/mol. The maximum atomic E-state index is 11.6. The normalized spacial score (nSPS) is 18.3. The Bertz CT molecular complexity index is 926. The Balaban J connectivity index is 1.64. The number of nitrogens with zero attached hydrogens (tertiary/aromatic N) is 1. The highest BCUT2D eigenvalue weighted by molar-refractivity contribution is 7.10. The molecule has 0 aliphatic carbocycles. The van der Waals surface area contributed by atoms with E-state index < -0.39 is 5.97 Å². The predicted octanol–water partition coefficient (Wildman–Crippen LogP) is 5.21. The summed E-state index contributed by atoms with van der Waals surface area (Å²) in [5, 5.41) is 11.6. The van der Waals surface area contributed by atoms with E-state index >= 15 is 0 Å². The molecule has 1 aromatic heterocycles. The molecule has 0 bridgehead atoms. The Kier molecular flexibility index (Phi) is 6.27. The summed E-state index contributed by atoms with van der Waals surface area (Å²) in [6.07, 6.45) is 1.64. The number of piperidine rings is 1. The van der Waals surface area contributed by atoms with Gasteiger partial charge in [0.1, 0.15) is 12.4 Å². The van der Waals surface area contributed by atoms with Crippen molar-refractivity contribution < 1.29 is 14.6 Å². The van der Waals surface area contributed by atoms with Gasteiger partial charge in [-0.2, -0.15) is 0 Å². The number of thiophene rings is 1. The maximum Gasteiger partial charge on any atom is 0.307 e. The molecule has 0 saturated carbocycles. The third kappa shape index (κ3) is 4.69. The van der Waals surface area contributed by atoms with Crippen LogP contribution in [0.3, 0.4) is 0 Å². The minimum absolute atomic E-state index is 0.00382. The van der Waals surface area contributed by atoms with E-state index in [1.54, 1.807) is 11.3 Å². The fraction of sp³-hybridized carbons (Fsp3) is 0.292. The summed E-state index contributed by atoms with van der Waals surface area (Å²) in [5.74, 6) is -0.163. The second-order valence-corrected chi connectivity index (χ2v) is 8.38. The number of ether oxygens (including phenoxy) is 1. The van der Waals surface area contributed by atoms with Crippen molar-refractivity contribution >= 4 is 17.3 Å². The van der Waals surface area contributed by atoms with Gasteiger partial charge in [0, 0.05) is 17.0 Å². The molecule has 4 rings (SSSR count). The number of benzene rings is 2. The molecule has 2 heterocycles. The first-order valence-corrected chi connectivity index (χ1v) is 10.9. The highest BCUT2D eigenvalue weighted by Crippen LogP contribution is 2.39. The van der Waals surface area contributed by atoms with Gasteiger partial charge in [0.05, 0.1) is 12.0 Å². The topological polar surface area (TPSA) is 49.8 Å². The minimum atomic E-state index is -0.701. The van der Waals surface area contributed by atoms with E-state index in [4.69, 9.17) is 4.74 Å². The Hall–Kier alpha value is -2.63.